The van der Waals surface area contributed by atoms with Crippen LogP contribution in [0.4, 0.5) is 4.79 Å². The Balaban J connectivity index is 2.70. The van der Waals surface area contributed by atoms with E-state index in [1.165, 1.54) is 0 Å². The number of hydrogen-bond donors (Lipinski definition) is 1. The minimum absolute atomic E-state index is 0.0102. The van der Waals surface area contributed by atoms with Gasteiger partial charge in [-0.15, -0.1) is 0 Å². The molecule has 1 heterocycles. The number of likely N-dealkylation sites (tertiary alicyclic amines) is 1. The second kappa shape index (κ2) is 4.48. The number of carbonyl (C=O) groups is 1. The molecule has 4 nitrogen and oxygen atoms in total. The Morgan fingerprint density at radius 3 is 2.41 bits per heavy atom. The second-order valence-electron chi connectivity index (χ2n) is 6.44. The molecule has 17 heavy (non-hydrogen) atoms. The molecule has 1 aliphatic rings. The molecule has 3 atom stereocenters. The average molecular weight is 243 g/mol. The summed E-state index contributed by atoms with van der Waals surface area (Å²) in [5.74, 6) is 0.0613. The number of ether oxygens (including phenoxy) is 1. The van der Waals surface area contributed by atoms with Crippen molar-refractivity contribution in [3.63, 3.8) is 0 Å². The summed E-state index contributed by atoms with van der Waals surface area (Å²) in [4.78, 5) is 13.7. The smallest absolute Gasteiger partial charge is 0.410 e. The van der Waals surface area contributed by atoms with Crippen molar-refractivity contribution in [2.75, 3.05) is 6.54 Å². The molecule has 100 valence electrons. The first-order chi connectivity index (χ1) is 7.53. The molecule has 0 radical (unpaired) electrons. The molecule has 0 bridgehead atoms. The third kappa shape index (κ3) is 3.60. The topological polar surface area (TPSA) is 49.8 Å². The fourth-order valence-corrected chi connectivity index (χ4v) is 2.16. The Bertz CT molecular complexity index is 294. The van der Waals surface area contributed by atoms with Gasteiger partial charge in [-0.25, -0.2) is 4.79 Å². The summed E-state index contributed by atoms with van der Waals surface area (Å²) in [6, 6.07) is 0.0102. The molecule has 1 saturated heterocycles. The van der Waals surface area contributed by atoms with Crippen molar-refractivity contribution in [2.24, 2.45) is 5.92 Å². The van der Waals surface area contributed by atoms with Gasteiger partial charge in [-0.05, 0) is 41.0 Å². The highest BCUT2D eigenvalue weighted by molar-refractivity contribution is 5.68. The van der Waals surface area contributed by atoms with Crippen LogP contribution in [0, 0.1) is 5.92 Å². The van der Waals surface area contributed by atoms with Crippen LogP contribution in [0.15, 0.2) is 0 Å². The van der Waals surface area contributed by atoms with E-state index < -0.39 is 11.2 Å². The van der Waals surface area contributed by atoms with Crippen LogP contribution in [0.1, 0.15) is 48.0 Å². The van der Waals surface area contributed by atoms with Crippen LogP contribution < -0.4 is 0 Å². The highest BCUT2D eigenvalue weighted by atomic mass is 16.6. The van der Waals surface area contributed by atoms with Gasteiger partial charge < -0.3 is 14.7 Å². The molecule has 1 rings (SSSR count). The van der Waals surface area contributed by atoms with Gasteiger partial charge in [0.1, 0.15) is 5.60 Å². The maximum absolute atomic E-state index is 12.0. The van der Waals surface area contributed by atoms with Gasteiger partial charge in [-0.3, -0.25) is 0 Å². The fourth-order valence-electron chi connectivity index (χ4n) is 2.16. The molecular weight excluding hydrogens is 218 g/mol. The SMILES string of the molecule is CC1CC(C)(O)C(C)CN1C(=O)OC(C)(C)C. The standard InChI is InChI=1S/C13H25NO3/c1-9-8-14(10(2)7-13(9,6)16)11(15)17-12(3,4)5/h9-10,16H,7-8H2,1-6H3. The molecule has 0 aliphatic carbocycles. The summed E-state index contributed by atoms with van der Waals surface area (Å²) in [5, 5.41) is 10.2. The van der Waals surface area contributed by atoms with Gasteiger partial charge in [0.15, 0.2) is 0 Å². The minimum atomic E-state index is -0.696. The van der Waals surface area contributed by atoms with Crippen LogP contribution in [-0.2, 0) is 4.74 Å². The molecule has 1 aliphatic heterocycles. The summed E-state index contributed by atoms with van der Waals surface area (Å²) in [7, 11) is 0. The third-order valence-corrected chi connectivity index (χ3v) is 3.40. The number of hydrogen-bond acceptors (Lipinski definition) is 3. The molecule has 4 heteroatoms. The molecule has 1 fully saturated rings. The zero-order valence-electron chi connectivity index (χ0n) is 11.8. The fraction of sp³-hybridized carbons (Fsp3) is 0.923. The van der Waals surface area contributed by atoms with Crippen molar-refractivity contribution < 1.29 is 14.6 Å². The number of nitrogens with zero attached hydrogens (tertiary/aromatic N) is 1. The molecule has 1 amide bonds. The van der Waals surface area contributed by atoms with Gasteiger partial charge in [0.25, 0.3) is 0 Å². The molecule has 1 N–H and O–H groups in total. The van der Waals surface area contributed by atoms with Gasteiger partial charge in [0.05, 0.1) is 5.60 Å². The summed E-state index contributed by atoms with van der Waals surface area (Å²) >= 11 is 0. The van der Waals surface area contributed by atoms with Crippen LogP contribution in [-0.4, -0.2) is 39.9 Å². The van der Waals surface area contributed by atoms with E-state index in [9.17, 15) is 9.90 Å². The van der Waals surface area contributed by atoms with E-state index in [1.807, 2.05) is 41.5 Å². The number of aliphatic hydroxyl groups is 1. The Labute approximate surface area is 104 Å². The van der Waals surface area contributed by atoms with Crippen molar-refractivity contribution in [3.05, 3.63) is 0 Å². The van der Waals surface area contributed by atoms with Gasteiger partial charge in [0.2, 0.25) is 0 Å². The minimum Gasteiger partial charge on any atom is -0.444 e. The third-order valence-electron chi connectivity index (χ3n) is 3.40. The van der Waals surface area contributed by atoms with Crippen molar-refractivity contribution in [2.45, 2.75) is 65.2 Å². The van der Waals surface area contributed by atoms with Crippen LogP contribution >= 0.6 is 0 Å². The molecule has 3 unspecified atom stereocenters. The molecule has 0 aromatic carbocycles. The van der Waals surface area contributed by atoms with E-state index in [0.29, 0.717) is 13.0 Å². The van der Waals surface area contributed by atoms with E-state index >= 15 is 0 Å². The van der Waals surface area contributed by atoms with E-state index in [1.54, 1.807) is 4.90 Å². The lowest BCUT2D eigenvalue weighted by Crippen LogP contribution is -2.55. The van der Waals surface area contributed by atoms with Gasteiger partial charge in [-0.1, -0.05) is 6.92 Å². The maximum atomic E-state index is 12.0. The lowest BCUT2D eigenvalue weighted by atomic mass is 9.81. The first-order valence-corrected chi connectivity index (χ1v) is 6.25. The number of piperidine rings is 1. The molecule has 0 aromatic heterocycles. The van der Waals surface area contributed by atoms with Crippen LogP contribution in [0.3, 0.4) is 0 Å². The van der Waals surface area contributed by atoms with E-state index in [0.717, 1.165) is 0 Å². The predicted octanol–water partition coefficient (Wildman–Crippen LogP) is 2.40. The zero-order valence-corrected chi connectivity index (χ0v) is 11.8. The zero-order chi connectivity index (χ0) is 13.4. The Morgan fingerprint density at radius 1 is 1.41 bits per heavy atom. The van der Waals surface area contributed by atoms with Crippen molar-refractivity contribution >= 4 is 6.09 Å². The summed E-state index contributed by atoms with van der Waals surface area (Å²) in [5.41, 5.74) is -1.17. The Kier molecular flexibility index (Phi) is 3.77. The predicted molar refractivity (Wildman–Crippen MR) is 66.8 cm³/mol. The lowest BCUT2D eigenvalue weighted by Gasteiger charge is -2.45. The van der Waals surface area contributed by atoms with Crippen molar-refractivity contribution in [1.82, 2.24) is 4.90 Å². The highest BCUT2D eigenvalue weighted by Gasteiger charge is 2.41. The first kappa shape index (κ1) is 14.3. The average Bonchev–Trinajstić information content (AvgIpc) is 2.07. The van der Waals surface area contributed by atoms with Crippen LogP contribution in [0.5, 0.6) is 0 Å². The molecular formula is C13H25NO3. The monoisotopic (exact) mass is 243 g/mol. The second-order valence-corrected chi connectivity index (χ2v) is 6.44. The normalized spacial score (nSPS) is 34.6. The summed E-state index contributed by atoms with van der Waals surface area (Å²) in [6.07, 6.45) is 0.306. The molecule has 0 aromatic rings. The lowest BCUT2D eigenvalue weighted by molar-refractivity contribution is -0.0741. The van der Waals surface area contributed by atoms with E-state index in [2.05, 4.69) is 0 Å². The maximum Gasteiger partial charge on any atom is 0.410 e. The Hall–Kier alpha value is -0.770. The quantitative estimate of drug-likeness (QED) is 0.710. The van der Waals surface area contributed by atoms with Crippen molar-refractivity contribution in [1.29, 1.82) is 0 Å². The van der Waals surface area contributed by atoms with Crippen molar-refractivity contribution in [3.8, 4) is 0 Å². The van der Waals surface area contributed by atoms with Crippen LogP contribution in [0.25, 0.3) is 0 Å². The number of rotatable bonds is 0. The highest BCUT2D eigenvalue weighted by Crippen LogP contribution is 2.31. The molecule has 0 spiro atoms. The van der Waals surface area contributed by atoms with E-state index in [-0.39, 0.29) is 18.1 Å². The first-order valence-electron chi connectivity index (χ1n) is 6.25. The summed E-state index contributed by atoms with van der Waals surface area (Å²) in [6.45, 7) is 11.9. The Morgan fingerprint density at radius 2 is 1.94 bits per heavy atom. The van der Waals surface area contributed by atoms with E-state index in [4.69, 9.17) is 4.74 Å². The van der Waals surface area contributed by atoms with Gasteiger partial charge in [0, 0.05) is 18.5 Å². The van der Waals surface area contributed by atoms with Gasteiger partial charge >= 0.3 is 6.09 Å². The summed E-state index contributed by atoms with van der Waals surface area (Å²) < 4.78 is 5.37. The largest absolute Gasteiger partial charge is 0.444 e. The molecule has 0 saturated carbocycles. The van der Waals surface area contributed by atoms with Gasteiger partial charge in [-0.2, -0.15) is 0 Å². The number of carbonyl (C=O) groups excluding carboxylic acids is 1. The van der Waals surface area contributed by atoms with Crippen LogP contribution in [0.2, 0.25) is 0 Å². The number of amides is 1.